The minimum absolute atomic E-state index is 0.130. The van der Waals surface area contributed by atoms with Gasteiger partial charge in [-0.1, -0.05) is 26.0 Å². The van der Waals surface area contributed by atoms with E-state index in [9.17, 15) is 9.59 Å². The van der Waals surface area contributed by atoms with Crippen LogP contribution in [0.2, 0.25) is 0 Å². The van der Waals surface area contributed by atoms with Crippen LogP contribution in [0.1, 0.15) is 42.6 Å². The van der Waals surface area contributed by atoms with Crippen LogP contribution >= 0.6 is 0 Å². The molecule has 5 heteroatoms. The molecule has 1 atom stereocenters. The van der Waals surface area contributed by atoms with Gasteiger partial charge in [-0.05, 0) is 54.8 Å². The van der Waals surface area contributed by atoms with E-state index in [4.69, 9.17) is 0 Å². The number of carbonyl (C=O) groups excluding carboxylic acids is 2. The fourth-order valence-corrected chi connectivity index (χ4v) is 2.34. The SMILES string of the molecule is COC(=O)c1ccc(N[C@@H](C)C(=O)Nc2ccc(C(C)C)cc2)cc1. The molecule has 132 valence electrons. The van der Waals surface area contributed by atoms with Crippen LogP contribution in [0.25, 0.3) is 0 Å². The van der Waals surface area contributed by atoms with Crippen LogP contribution in [-0.4, -0.2) is 25.0 Å². The molecule has 1 amide bonds. The number of nitrogens with one attached hydrogen (secondary N) is 2. The van der Waals surface area contributed by atoms with Gasteiger partial charge in [0, 0.05) is 11.4 Å². The summed E-state index contributed by atoms with van der Waals surface area (Å²) >= 11 is 0. The molecule has 25 heavy (non-hydrogen) atoms. The van der Waals surface area contributed by atoms with Crippen LogP contribution < -0.4 is 10.6 Å². The largest absolute Gasteiger partial charge is 0.465 e. The molecule has 0 aliphatic rings. The average molecular weight is 340 g/mol. The summed E-state index contributed by atoms with van der Waals surface area (Å²) in [6, 6.07) is 14.2. The maximum atomic E-state index is 12.3. The zero-order valence-electron chi connectivity index (χ0n) is 15.0. The smallest absolute Gasteiger partial charge is 0.337 e. The number of rotatable bonds is 6. The first-order valence-electron chi connectivity index (χ1n) is 8.26. The molecule has 0 aromatic heterocycles. The van der Waals surface area contributed by atoms with E-state index in [1.807, 2.05) is 24.3 Å². The van der Waals surface area contributed by atoms with E-state index in [0.29, 0.717) is 11.5 Å². The van der Waals surface area contributed by atoms with Gasteiger partial charge < -0.3 is 15.4 Å². The lowest BCUT2D eigenvalue weighted by Gasteiger charge is -2.16. The second-order valence-corrected chi connectivity index (χ2v) is 6.20. The van der Waals surface area contributed by atoms with Crippen LogP contribution in [0.3, 0.4) is 0 Å². The maximum Gasteiger partial charge on any atom is 0.337 e. The Labute approximate surface area is 148 Å². The third-order valence-corrected chi connectivity index (χ3v) is 3.93. The number of hydrogen-bond donors (Lipinski definition) is 2. The van der Waals surface area contributed by atoms with Gasteiger partial charge in [-0.2, -0.15) is 0 Å². The molecule has 0 saturated carbocycles. The molecule has 0 spiro atoms. The van der Waals surface area contributed by atoms with Gasteiger partial charge in [0.05, 0.1) is 12.7 Å². The van der Waals surface area contributed by atoms with Crippen LogP contribution in [0.15, 0.2) is 48.5 Å². The van der Waals surface area contributed by atoms with E-state index in [2.05, 4.69) is 29.2 Å². The van der Waals surface area contributed by atoms with E-state index in [1.54, 1.807) is 31.2 Å². The fourth-order valence-electron chi connectivity index (χ4n) is 2.34. The summed E-state index contributed by atoms with van der Waals surface area (Å²) in [4.78, 5) is 23.7. The lowest BCUT2D eigenvalue weighted by molar-refractivity contribution is -0.116. The quantitative estimate of drug-likeness (QED) is 0.779. The predicted octanol–water partition coefficient (Wildman–Crippen LogP) is 4.04. The van der Waals surface area contributed by atoms with Gasteiger partial charge >= 0.3 is 5.97 Å². The minimum atomic E-state index is -0.422. The topological polar surface area (TPSA) is 67.4 Å². The maximum absolute atomic E-state index is 12.3. The number of hydrogen-bond acceptors (Lipinski definition) is 4. The zero-order chi connectivity index (χ0) is 18.4. The van der Waals surface area contributed by atoms with E-state index in [1.165, 1.54) is 12.7 Å². The highest BCUT2D eigenvalue weighted by atomic mass is 16.5. The molecule has 0 unspecified atom stereocenters. The summed E-state index contributed by atoms with van der Waals surface area (Å²) in [5, 5.41) is 6.00. The van der Waals surface area contributed by atoms with E-state index in [0.717, 1.165) is 11.4 Å². The van der Waals surface area contributed by atoms with Gasteiger partial charge in [-0.3, -0.25) is 4.79 Å². The summed E-state index contributed by atoms with van der Waals surface area (Å²) in [7, 11) is 1.34. The standard InChI is InChI=1S/C20H24N2O3/c1-13(2)15-5-9-18(10-6-15)22-19(23)14(3)21-17-11-7-16(8-12-17)20(24)25-4/h5-14,21H,1-4H3,(H,22,23)/t14-/m0/s1. The van der Waals surface area contributed by atoms with E-state index < -0.39 is 6.04 Å². The normalized spacial score (nSPS) is 11.7. The Morgan fingerprint density at radius 3 is 1.96 bits per heavy atom. The zero-order valence-corrected chi connectivity index (χ0v) is 15.0. The van der Waals surface area contributed by atoms with Gasteiger partial charge in [0.1, 0.15) is 6.04 Å². The molecular weight excluding hydrogens is 316 g/mol. The van der Waals surface area contributed by atoms with Gasteiger partial charge in [0.2, 0.25) is 5.91 Å². The molecular formula is C20H24N2O3. The van der Waals surface area contributed by atoms with Gasteiger partial charge in [-0.15, -0.1) is 0 Å². The molecule has 2 aromatic rings. The Kier molecular flexibility index (Phi) is 6.17. The molecule has 0 radical (unpaired) electrons. The highest BCUT2D eigenvalue weighted by Crippen LogP contribution is 2.18. The third kappa shape index (κ3) is 5.08. The Balaban J connectivity index is 1.94. The highest BCUT2D eigenvalue weighted by molar-refractivity contribution is 5.96. The van der Waals surface area contributed by atoms with E-state index >= 15 is 0 Å². The first-order valence-corrected chi connectivity index (χ1v) is 8.26. The lowest BCUT2D eigenvalue weighted by Crippen LogP contribution is -2.31. The third-order valence-electron chi connectivity index (χ3n) is 3.93. The van der Waals surface area contributed by atoms with E-state index in [-0.39, 0.29) is 11.9 Å². The second-order valence-electron chi connectivity index (χ2n) is 6.20. The van der Waals surface area contributed by atoms with Crippen molar-refractivity contribution in [3.63, 3.8) is 0 Å². The van der Waals surface area contributed by atoms with Crippen molar-refractivity contribution in [2.75, 3.05) is 17.7 Å². The van der Waals surface area contributed by atoms with Crippen LogP contribution in [0.4, 0.5) is 11.4 Å². The molecule has 0 saturated heterocycles. The highest BCUT2D eigenvalue weighted by Gasteiger charge is 2.13. The number of carbonyl (C=O) groups is 2. The lowest BCUT2D eigenvalue weighted by atomic mass is 10.0. The Morgan fingerprint density at radius 2 is 1.44 bits per heavy atom. The Morgan fingerprint density at radius 1 is 0.880 bits per heavy atom. The molecule has 0 heterocycles. The summed E-state index contributed by atoms with van der Waals surface area (Å²) < 4.78 is 4.66. The van der Waals surface area contributed by atoms with Crippen molar-refractivity contribution < 1.29 is 14.3 Å². The molecule has 0 fully saturated rings. The molecule has 2 N–H and O–H groups in total. The monoisotopic (exact) mass is 340 g/mol. The van der Waals surface area contributed by atoms with Crippen LogP contribution in [0.5, 0.6) is 0 Å². The van der Waals surface area contributed by atoms with Gasteiger partial charge in [-0.25, -0.2) is 4.79 Å². The summed E-state index contributed by atoms with van der Waals surface area (Å²) in [5.41, 5.74) is 3.22. The summed E-state index contributed by atoms with van der Waals surface area (Å²) in [6.45, 7) is 6.04. The molecule has 2 aromatic carbocycles. The number of amides is 1. The average Bonchev–Trinajstić information content (AvgIpc) is 2.62. The molecule has 5 nitrogen and oxygen atoms in total. The van der Waals surface area contributed by atoms with Crippen molar-refractivity contribution in [2.24, 2.45) is 0 Å². The van der Waals surface area contributed by atoms with Crippen molar-refractivity contribution in [1.29, 1.82) is 0 Å². The molecule has 2 rings (SSSR count). The molecule has 0 aliphatic heterocycles. The number of ether oxygens (including phenoxy) is 1. The molecule has 0 aliphatic carbocycles. The summed E-state index contributed by atoms with van der Waals surface area (Å²) in [6.07, 6.45) is 0. The minimum Gasteiger partial charge on any atom is -0.465 e. The van der Waals surface area contributed by atoms with Crippen LogP contribution in [0, 0.1) is 0 Å². The Hall–Kier alpha value is -2.82. The predicted molar refractivity (Wildman–Crippen MR) is 100 cm³/mol. The number of benzene rings is 2. The Bertz CT molecular complexity index is 722. The number of anilines is 2. The fraction of sp³-hybridized carbons (Fsp3) is 0.300. The number of methoxy groups -OCH3 is 1. The van der Waals surface area contributed by atoms with Crippen LogP contribution in [-0.2, 0) is 9.53 Å². The van der Waals surface area contributed by atoms with Crippen molar-refractivity contribution in [1.82, 2.24) is 0 Å². The summed E-state index contributed by atoms with van der Waals surface area (Å²) in [5.74, 6) is -0.0603. The second kappa shape index (κ2) is 8.33. The van der Waals surface area contributed by atoms with Crippen molar-refractivity contribution in [3.8, 4) is 0 Å². The van der Waals surface area contributed by atoms with Crippen molar-refractivity contribution in [3.05, 3.63) is 59.7 Å². The molecule has 0 bridgehead atoms. The first-order chi connectivity index (χ1) is 11.9. The van der Waals surface area contributed by atoms with Gasteiger partial charge in [0.25, 0.3) is 0 Å². The van der Waals surface area contributed by atoms with Crippen molar-refractivity contribution in [2.45, 2.75) is 32.7 Å². The first kappa shape index (κ1) is 18.5. The number of esters is 1. The van der Waals surface area contributed by atoms with Gasteiger partial charge in [0.15, 0.2) is 0 Å². The van der Waals surface area contributed by atoms with Crippen molar-refractivity contribution >= 4 is 23.3 Å².